The van der Waals surface area contributed by atoms with Gasteiger partial charge < -0.3 is 4.74 Å². The van der Waals surface area contributed by atoms with Gasteiger partial charge in [0.25, 0.3) is 0 Å². The van der Waals surface area contributed by atoms with E-state index in [1.54, 1.807) is 6.08 Å². The van der Waals surface area contributed by atoms with Crippen LogP contribution in [0.3, 0.4) is 0 Å². The maximum Gasteiger partial charge on any atom is 0.120 e. The largest absolute Gasteiger partial charge is 0.491 e. The van der Waals surface area contributed by atoms with Crippen molar-refractivity contribution in [2.45, 2.75) is 59.5 Å². The predicted molar refractivity (Wildman–Crippen MR) is 81.5 cm³/mol. The van der Waals surface area contributed by atoms with E-state index in [4.69, 9.17) is 10.00 Å². The highest BCUT2D eigenvalue weighted by molar-refractivity contribution is 5.34. The van der Waals surface area contributed by atoms with Crippen molar-refractivity contribution >= 4 is 0 Å². The molecule has 0 heterocycles. The molecule has 0 bridgehead atoms. The van der Waals surface area contributed by atoms with Crippen molar-refractivity contribution in [3.63, 3.8) is 0 Å². The molecule has 0 rings (SSSR count). The monoisotopic (exact) mass is 261 g/mol. The molecular formula is C17H27NO. The van der Waals surface area contributed by atoms with Crippen LogP contribution in [0.15, 0.2) is 36.1 Å². The van der Waals surface area contributed by atoms with Crippen molar-refractivity contribution in [1.82, 2.24) is 0 Å². The van der Waals surface area contributed by atoms with Crippen LogP contribution in [-0.2, 0) is 4.74 Å². The fraction of sp³-hybridized carbons (Fsp3) is 0.588. The average Bonchev–Trinajstić information content (AvgIpc) is 2.41. The van der Waals surface area contributed by atoms with Gasteiger partial charge in [0.2, 0.25) is 0 Å². The van der Waals surface area contributed by atoms with E-state index >= 15 is 0 Å². The highest BCUT2D eigenvalue weighted by Crippen LogP contribution is 2.14. The van der Waals surface area contributed by atoms with Gasteiger partial charge in [0.15, 0.2) is 0 Å². The van der Waals surface area contributed by atoms with Gasteiger partial charge in [-0.25, -0.2) is 0 Å². The lowest BCUT2D eigenvalue weighted by Crippen LogP contribution is -2.07. The van der Waals surface area contributed by atoms with Crippen LogP contribution < -0.4 is 0 Å². The molecule has 0 fully saturated rings. The van der Waals surface area contributed by atoms with Crippen LogP contribution in [0, 0.1) is 17.2 Å². The first-order valence-corrected chi connectivity index (χ1v) is 7.19. The summed E-state index contributed by atoms with van der Waals surface area (Å²) in [7, 11) is 0. The minimum Gasteiger partial charge on any atom is -0.491 e. The van der Waals surface area contributed by atoms with Gasteiger partial charge in [0, 0.05) is 5.57 Å². The van der Waals surface area contributed by atoms with Crippen molar-refractivity contribution in [2.75, 3.05) is 0 Å². The Labute approximate surface area is 118 Å². The predicted octanol–water partition coefficient (Wildman–Crippen LogP) is 5.15. The molecule has 0 radical (unpaired) electrons. The SMILES string of the molecule is C=C(C#N)/C=C(\C=C/C(C)CC)OC(C)CCCC. The molecule has 2 unspecified atom stereocenters. The highest BCUT2D eigenvalue weighted by Gasteiger charge is 2.05. The molecule has 0 aliphatic rings. The van der Waals surface area contributed by atoms with E-state index in [2.05, 4.69) is 40.3 Å². The molecule has 0 amide bonds. The molecule has 0 saturated carbocycles. The van der Waals surface area contributed by atoms with E-state index in [-0.39, 0.29) is 6.10 Å². The minimum absolute atomic E-state index is 0.166. The van der Waals surface area contributed by atoms with Crippen LogP contribution in [0.4, 0.5) is 0 Å². The van der Waals surface area contributed by atoms with Crippen LogP contribution in [0.1, 0.15) is 53.4 Å². The molecule has 0 aromatic heterocycles. The number of unbranched alkanes of at least 4 members (excludes halogenated alkanes) is 1. The van der Waals surface area contributed by atoms with E-state index in [1.807, 2.05) is 12.1 Å². The van der Waals surface area contributed by atoms with E-state index in [0.717, 1.165) is 25.0 Å². The Hall–Kier alpha value is -1.49. The summed E-state index contributed by atoms with van der Waals surface area (Å²) in [6.07, 6.45) is 10.4. The lowest BCUT2D eigenvalue weighted by Gasteiger charge is -2.15. The lowest BCUT2D eigenvalue weighted by molar-refractivity contribution is 0.130. The molecule has 0 aliphatic carbocycles. The molecule has 0 spiro atoms. The van der Waals surface area contributed by atoms with Crippen molar-refractivity contribution in [1.29, 1.82) is 5.26 Å². The summed E-state index contributed by atoms with van der Waals surface area (Å²) < 4.78 is 5.88. The third kappa shape index (κ3) is 9.13. The minimum atomic E-state index is 0.166. The van der Waals surface area contributed by atoms with Gasteiger partial charge in [-0.1, -0.05) is 52.7 Å². The second-order valence-corrected chi connectivity index (χ2v) is 5.00. The van der Waals surface area contributed by atoms with Crippen LogP contribution in [0.25, 0.3) is 0 Å². The molecule has 0 aliphatic heterocycles. The molecule has 19 heavy (non-hydrogen) atoms. The maximum absolute atomic E-state index is 8.81. The molecule has 2 heteroatoms. The molecule has 2 atom stereocenters. The Morgan fingerprint density at radius 3 is 2.58 bits per heavy atom. The third-order valence-electron chi connectivity index (χ3n) is 2.99. The summed E-state index contributed by atoms with van der Waals surface area (Å²) in [6, 6.07) is 2.03. The lowest BCUT2D eigenvalue weighted by atomic mass is 10.1. The summed E-state index contributed by atoms with van der Waals surface area (Å²) in [5, 5.41) is 8.81. The van der Waals surface area contributed by atoms with E-state index < -0.39 is 0 Å². The number of ether oxygens (including phenoxy) is 1. The van der Waals surface area contributed by atoms with E-state index in [0.29, 0.717) is 11.5 Å². The van der Waals surface area contributed by atoms with E-state index in [1.165, 1.54) is 6.42 Å². The van der Waals surface area contributed by atoms with Crippen molar-refractivity contribution in [3.8, 4) is 6.07 Å². The highest BCUT2D eigenvalue weighted by atomic mass is 16.5. The Bertz CT molecular complexity index is 360. The van der Waals surface area contributed by atoms with Crippen molar-refractivity contribution < 1.29 is 4.74 Å². The average molecular weight is 261 g/mol. The molecule has 0 aromatic carbocycles. The first-order chi connectivity index (χ1) is 9.03. The number of hydrogen-bond donors (Lipinski definition) is 0. The van der Waals surface area contributed by atoms with Gasteiger partial charge in [-0.05, 0) is 31.4 Å². The molecular weight excluding hydrogens is 234 g/mol. The second kappa shape index (κ2) is 10.4. The number of nitrogens with zero attached hydrogens (tertiary/aromatic N) is 1. The summed E-state index contributed by atoms with van der Waals surface area (Å²) in [5.74, 6) is 1.24. The van der Waals surface area contributed by atoms with Crippen LogP contribution >= 0.6 is 0 Å². The number of nitriles is 1. The summed E-state index contributed by atoms with van der Waals surface area (Å²) >= 11 is 0. The van der Waals surface area contributed by atoms with Gasteiger partial charge in [0.1, 0.15) is 5.76 Å². The van der Waals surface area contributed by atoms with Gasteiger partial charge in [-0.15, -0.1) is 0 Å². The number of rotatable bonds is 9. The fourth-order valence-electron chi connectivity index (χ4n) is 1.50. The maximum atomic E-state index is 8.81. The fourth-order valence-corrected chi connectivity index (χ4v) is 1.50. The Balaban J connectivity index is 4.69. The first kappa shape index (κ1) is 17.5. The summed E-state index contributed by atoms with van der Waals surface area (Å²) in [6.45, 7) is 12.2. The van der Waals surface area contributed by atoms with Crippen LogP contribution in [0.2, 0.25) is 0 Å². The van der Waals surface area contributed by atoms with E-state index in [9.17, 15) is 0 Å². The standard InChI is InChI=1S/C17H27NO/c1-6-8-9-16(5)19-17(12-15(4)13-18)11-10-14(3)7-2/h10-12,14,16H,4,6-9H2,1-3,5H3/b11-10-,17-12+. The van der Waals surface area contributed by atoms with Crippen LogP contribution in [-0.4, -0.2) is 6.10 Å². The zero-order chi connectivity index (χ0) is 14.7. The molecule has 106 valence electrons. The summed E-state index contributed by atoms with van der Waals surface area (Å²) in [4.78, 5) is 0. The Morgan fingerprint density at radius 2 is 2.05 bits per heavy atom. The Kier molecular flexibility index (Phi) is 9.62. The topological polar surface area (TPSA) is 33.0 Å². The van der Waals surface area contributed by atoms with Crippen LogP contribution in [0.5, 0.6) is 0 Å². The molecule has 0 saturated heterocycles. The van der Waals surface area contributed by atoms with Crippen molar-refractivity contribution in [3.05, 3.63) is 36.1 Å². The van der Waals surface area contributed by atoms with Gasteiger partial charge in [-0.2, -0.15) is 5.26 Å². The molecule has 2 nitrogen and oxygen atoms in total. The number of allylic oxidation sites excluding steroid dienone is 4. The molecule has 0 aromatic rings. The smallest absolute Gasteiger partial charge is 0.120 e. The molecule has 0 N–H and O–H groups in total. The van der Waals surface area contributed by atoms with Crippen molar-refractivity contribution in [2.24, 2.45) is 5.92 Å². The van der Waals surface area contributed by atoms with Gasteiger partial charge in [-0.3, -0.25) is 0 Å². The normalized spacial score (nSPS) is 15.0. The zero-order valence-corrected chi connectivity index (χ0v) is 12.8. The quantitative estimate of drug-likeness (QED) is 0.327. The summed E-state index contributed by atoms with van der Waals surface area (Å²) in [5.41, 5.74) is 0.423. The first-order valence-electron chi connectivity index (χ1n) is 7.19. The third-order valence-corrected chi connectivity index (χ3v) is 2.99. The zero-order valence-electron chi connectivity index (χ0n) is 12.8. The Morgan fingerprint density at radius 1 is 1.37 bits per heavy atom. The van der Waals surface area contributed by atoms with Gasteiger partial charge in [0.05, 0.1) is 12.2 Å². The second-order valence-electron chi connectivity index (χ2n) is 5.00. The van der Waals surface area contributed by atoms with Gasteiger partial charge >= 0.3 is 0 Å². The number of hydrogen-bond acceptors (Lipinski definition) is 2.